The Morgan fingerprint density at radius 1 is 1.25 bits per heavy atom. The van der Waals surface area contributed by atoms with E-state index in [0.29, 0.717) is 6.54 Å². The number of carbonyl (C=O) groups excluding carboxylic acids is 2. The Labute approximate surface area is 139 Å². The molecule has 0 saturated heterocycles. The monoisotopic (exact) mass is 326 g/mol. The first-order valence-electron chi connectivity index (χ1n) is 7.74. The maximum atomic E-state index is 12.7. The zero-order valence-electron chi connectivity index (χ0n) is 13.3. The van der Waals surface area contributed by atoms with Crippen molar-refractivity contribution in [2.45, 2.75) is 25.9 Å². The Balaban J connectivity index is 1.74. The number of amides is 1. The topological polar surface area (TPSA) is 98.4 Å². The lowest BCUT2D eigenvalue weighted by Crippen LogP contribution is -2.42. The number of nitrogens with two attached hydrogens (primary N) is 1. The van der Waals surface area contributed by atoms with Crippen molar-refractivity contribution in [1.82, 2.24) is 9.97 Å². The molecule has 0 fully saturated rings. The smallest absolute Gasteiger partial charge is 0.361 e. The fraction of sp³-hybridized carbons (Fsp3) is 0.294. The average molecular weight is 326 g/mol. The van der Waals surface area contributed by atoms with E-state index < -0.39 is 12.1 Å². The second kappa shape index (κ2) is 6.66. The van der Waals surface area contributed by atoms with Crippen LogP contribution in [0.25, 0.3) is 0 Å². The van der Waals surface area contributed by atoms with Gasteiger partial charge in [0.05, 0.1) is 0 Å². The SMILES string of the molecule is C[C@H](OC(=O)c1nccnc1N)C(=O)N1CCCc2ccccc21. The fourth-order valence-corrected chi connectivity index (χ4v) is 2.75. The van der Waals surface area contributed by atoms with Gasteiger partial charge in [-0.2, -0.15) is 0 Å². The molecule has 0 spiro atoms. The van der Waals surface area contributed by atoms with Gasteiger partial charge in [-0.3, -0.25) is 4.79 Å². The van der Waals surface area contributed by atoms with Gasteiger partial charge in [-0.05, 0) is 31.4 Å². The molecule has 0 unspecified atom stereocenters. The lowest BCUT2D eigenvalue weighted by molar-refractivity contribution is -0.126. The molecule has 0 bridgehead atoms. The molecule has 1 aliphatic heterocycles. The third-order valence-corrected chi connectivity index (χ3v) is 3.93. The van der Waals surface area contributed by atoms with E-state index >= 15 is 0 Å². The standard InChI is InChI=1S/C17H18N4O3/c1-11(24-17(23)14-15(18)20-9-8-19-14)16(22)21-10-4-6-12-5-2-3-7-13(12)21/h2-3,5,7-9,11H,4,6,10H2,1H3,(H2,18,20)/t11-/m0/s1. The number of aryl methyl sites for hydroxylation is 1. The Hall–Kier alpha value is -2.96. The van der Waals surface area contributed by atoms with Crippen molar-refractivity contribution >= 4 is 23.4 Å². The van der Waals surface area contributed by atoms with Crippen molar-refractivity contribution < 1.29 is 14.3 Å². The summed E-state index contributed by atoms with van der Waals surface area (Å²) in [5.74, 6) is -1.05. The van der Waals surface area contributed by atoms with Gasteiger partial charge in [0.25, 0.3) is 5.91 Å². The summed E-state index contributed by atoms with van der Waals surface area (Å²) in [5, 5.41) is 0. The summed E-state index contributed by atoms with van der Waals surface area (Å²) in [4.78, 5) is 34.1. The van der Waals surface area contributed by atoms with Gasteiger partial charge in [0.2, 0.25) is 0 Å². The largest absolute Gasteiger partial charge is 0.448 e. The summed E-state index contributed by atoms with van der Waals surface area (Å²) in [7, 11) is 0. The van der Waals surface area contributed by atoms with Crippen LogP contribution in [0.4, 0.5) is 11.5 Å². The van der Waals surface area contributed by atoms with E-state index in [2.05, 4.69) is 9.97 Å². The Bertz CT molecular complexity index is 778. The molecule has 7 heteroatoms. The van der Waals surface area contributed by atoms with Crippen molar-refractivity contribution in [3.63, 3.8) is 0 Å². The van der Waals surface area contributed by atoms with Gasteiger partial charge >= 0.3 is 5.97 Å². The third kappa shape index (κ3) is 3.05. The van der Waals surface area contributed by atoms with Crippen molar-refractivity contribution in [1.29, 1.82) is 0 Å². The lowest BCUT2D eigenvalue weighted by atomic mass is 10.0. The minimum Gasteiger partial charge on any atom is -0.448 e. The van der Waals surface area contributed by atoms with Gasteiger partial charge < -0.3 is 15.4 Å². The van der Waals surface area contributed by atoms with Gasteiger partial charge in [0, 0.05) is 24.6 Å². The zero-order chi connectivity index (χ0) is 17.1. The van der Waals surface area contributed by atoms with E-state index in [1.54, 1.807) is 11.8 Å². The molecule has 3 rings (SSSR count). The molecule has 24 heavy (non-hydrogen) atoms. The molecular weight excluding hydrogens is 308 g/mol. The van der Waals surface area contributed by atoms with Crippen LogP contribution >= 0.6 is 0 Å². The van der Waals surface area contributed by atoms with Crippen LogP contribution in [0.5, 0.6) is 0 Å². The Morgan fingerprint density at radius 2 is 2.00 bits per heavy atom. The number of hydrogen-bond acceptors (Lipinski definition) is 6. The summed E-state index contributed by atoms with van der Waals surface area (Å²) in [6.07, 6.45) is 3.60. The summed E-state index contributed by atoms with van der Waals surface area (Å²) in [5.41, 5.74) is 7.51. The van der Waals surface area contributed by atoms with Gasteiger partial charge in [-0.1, -0.05) is 18.2 Å². The highest BCUT2D eigenvalue weighted by atomic mass is 16.5. The highest BCUT2D eigenvalue weighted by Gasteiger charge is 2.29. The molecule has 1 atom stereocenters. The van der Waals surface area contributed by atoms with E-state index in [4.69, 9.17) is 10.5 Å². The number of esters is 1. The third-order valence-electron chi connectivity index (χ3n) is 3.93. The molecule has 2 heterocycles. The number of fused-ring (bicyclic) bond motifs is 1. The minimum atomic E-state index is -0.940. The normalized spacial score (nSPS) is 14.6. The number of para-hydroxylation sites is 1. The van der Waals surface area contributed by atoms with Crippen LogP contribution < -0.4 is 10.6 Å². The lowest BCUT2D eigenvalue weighted by Gasteiger charge is -2.31. The minimum absolute atomic E-state index is 0.0227. The summed E-state index contributed by atoms with van der Waals surface area (Å²) in [6.45, 7) is 2.15. The maximum absolute atomic E-state index is 12.7. The summed E-state index contributed by atoms with van der Waals surface area (Å²) < 4.78 is 5.23. The number of benzene rings is 1. The predicted octanol–water partition coefficient (Wildman–Crippen LogP) is 1.58. The zero-order valence-corrected chi connectivity index (χ0v) is 13.3. The molecule has 2 aromatic rings. The quantitative estimate of drug-likeness (QED) is 0.860. The summed E-state index contributed by atoms with van der Waals surface area (Å²) in [6, 6.07) is 7.75. The van der Waals surface area contributed by atoms with E-state index in [1.807, 2.05) is 24.3 Å². The van der Waals surface area contributed by atoms with E-state index in [1.165, 1.54) is 12.4 Å². The first-order valence-corrected chi connectivity index (χ1v) is 7.74. The van der Waals surface area contributed by atoms with Crippen LogP contribution in [0.15, 0.2) is 36.7 Å². The van der Waals surface area contributed by atoms with Crippen LogP contribution in [-0.2, 0) is 16.0 Å². The van der Waals surface area contributed by atoms with Crippen LogP contribution in [0.3, 0.4) is 0 Å². The molecule has 1 aliphatic rings. The summed E-state index contributed by atoms with van der Waals surface area (Å²) >= 11 is 0. The maximum Gasteiger partial charge on any atom is 0.361 e. The molecule has 0 saturated carbocycles. The van der Waals surface area contributed by atoms with Crippen LogP contribution in [0.2, 0.25) is 0 Å². The molecule has 0 radical (unpaired) electrons. The number of rotatable bonds is 3. The molecule has 124 valence electrons. The fourth-order valence-electron chi connectivity index (χ4n) is 2.75. The number of aromatic nitrogens is 2. The number of hydrogen-bond donors (Lipinski definition) is 1. The second-order valence-electron chi connectivity index (χ2n) is 5.56. The molecule has 7 nitrogen and oxygen atoms in total. The molecule has 2 N–H and O–H groups in total. The van der Waals surface area contributed by atoms with Crippen LogP contribution in [0, 0.1) is 0 Å². The Kier molecular flexibility index (Phi) is 4.41. The van der Waals surface area contributed by atoms with Gasteiger partial charge in [-0.15, -0.1) is 0 Å². The van der Waals surface area contributed by atoms with Gasteiger partial charge in [-0.25, -0.2) is 14.8 Å². The Morgan fingerprint density at radius 3 is 2.79 bits per heavy atom. The van der Waals surface area contributed by atoms with Crippen molar-refractivity contribution in [2.75, 3.05) is 17.2 Å². The molecular formula is C17H18N4O3. The second-order valence-corrected chi connectivity index (χ2v) is 5.56. The molecule has 1 aromatic heterocycles. The number of ether oxygens (including phenoxy) is 1. The van der Waals surface area contributed by atoms with Crippen molar-refractivity contribution in [3.05, 3.63) is 47.9 Å². The van der Waals surface area contributed by atoms with E-state index in [9.17, 15) is 9.59 Å². The van der Waals surface area contributed by atoms with Crippen molar-refractivity contribution in [2.24, 2.45) is 0 Å². The van der Waals surface area contributed by atoms with E-state index in [0.717, 1.165) is 24.1 Å². The highest BCUT2D eigenvalue weighted by Crippen LogP contribution is 2.27. The number of nitrogens with zero attached hydrogens (tertiary/aromatic N) is 3. The number of nitrogen functional groups attached to an aromatic ring is 1. The van der Waals surface area contributed by atoms with Gasteiger partial charge in [0.1, 0.15) is 0 Å². The first-order chi connectivity index (χ1) is 11.6. The predicted molar refractivity (Wildman–Crippen MR) is 88.4 cm³/mol. The van der Waals surface area contributed by atoms with Crippen LogP contribution in [-0.4, -0.2) is 34.5 Å². The van der Waals surface area contributed by atoms with Gasteiger partial charge in [0.15, 0.2) is 17.6 Å². The molecule has 1 amide bonds. The number of anilines is 2. The van der Waals surface area contributed by atoms with Crippen LogP contribution in [0.1, 0.15) is 29.4 Å². The average Bonchev–Trinajstić information content (AvgIpc) is 2.60. The molecule has 0 aliphatic carbocycles. The number of carbonyl (C=O) groups is 2. The van der Waals surface area contributed by atoms with E-state index in [-0.39, 0.29) is 17.4 Å². The first kappa shape index (κ1) is 15.9. The highest BCUT2D eigenvalue weighted by molar-refractivity contribution is 6.00. The molecule has 1 aromatic carbocycles. The van der Waals surface area contributed by atoms with Crippen molar-refractivity contribution in [3.8, 4) is 0 Å².